The van der Waals surface area contributed by atoms with Crippen molar-refractivity contribution >= 4 is 15.9 Å². The van der Waals surface area contributed by atoms with Gasteiger partial charge >= 0.3 is 0 Å². The first-order chi connectivity index (χ1) is 8.58. The number of nitrogens with zero attached hydrogens (tertiary/aromatic N) is 2. The zero-order valence-electron chi connectivity index (χ0n) is 11.7. The van der Waals surface area contributed by atoms with Gasteiger partial charge in [0.05, 0.1) is 22.4 Å². The number of aryl methyl sites for hydroxylation is 1. The summed E-state index contributed by atoms with van der Waals surface area (Å²) >= 11 is 3.66. The Morgan fingerprint density at radius 1 is 1.44 bits per heavy atom. The van der Waals surface area contributed by atoms with Crippen molar-refractivity contribution in [3.05, 3.63) is 16.4 Å². The summed E-state index contributed by atoms with van der Waals surface area (Å²) < 4.78 is 3.14. The third kappa shape index (κ3) is 2.64. The van der Waals surface area contributed by atoms with Crippen LogP contribution in [0, 0.1) is 5.41 Å². The topological polar surface area (TPSA) is 29.9 Å². The van der Waals surface area contributed by atoms with Crippen molar-refractivity contribution in [2.45, 2.75) is 52.0 Å². The molecule has 0 radical (unpaired) electrons. The Morgan fingerprint density at radius 2 is 2.11 bits per heavy atom. The molecule has 0 aliphatic heterocycles. The number of aromatic nitrogens is 2. The smallest absolute Gasteiger partial charge is 0.0697 e. The fraction of sp³-hybridized carbons (Fsp3) is 0.786. The Morgan fingerprint density at radius 3 is 2.61 bits per heavy atom. The molecule has 1 fully saturated rings. The average Bonchev–Trinajstić information content (AvgIpc) is 2.67. The maximum absolute atomic E-state index is 4.38. The van der Waals surface area contributed by atoms with E-state index in [4.69, 9.17) is 0 Å². The molecular formula is C14H24BrN3. The van der Waals surface area contributed by atoms with Crippen LogP contribution >= 0.6 is 15.9 Å². The van der Waals surface area contributed by atoms with E-state index in [1.807, 2.05) is 17.9 Å². The second kappa shape index (κ2) is 5.74. The van der Waals surface area contributed by atoms with Gasteiger partial charge in [-0.3, -0.25) is 4.68 Å². The van der Waals surface area contributed by atoms with Crippen LogP contribution in [0.25, 0.3) is 0 Å². The van der Waals surface area contributed by atoms with Gasteiger partial charge < -0.3 is 5.32 Å². The average molecular weight is 314 g/mol. The van der Waals surface area contributed by atoms with Crippen molar-refractivity contribution in [2.75, 3.05) is 6.54 Å². The number of halogens is 1. The summed E-state index contributed by atoms with van der Waals surface area (Å²) in [4.78, 5) is 0. The van der Waals surface area contributed by atoms with Crippen LogP contribution in [0.2, 0.25) is 0 Å². The van der Waals surface area contributed by atoms with Gasteiger partial charge in [0, 0.05) is 7.05 Å². The lowest BCUT2D eigenvalue weighted by Gasteiger charge is -2.41. The maximum Gasteiger partial charge on any atom is 0.0697 e. The first-order valence-electron chi connectivity index (χ1n) is 6.99. The fourth-order valence-electron chi connectivity index (χ4n) is 3.27. The molecule has 1 heterocycles. The normalized spacial score (nSPS) is 20.9. The molecule has 0 amide bonds. The maximum atomic E-state index is 4.38. The summed E-state index contributed by atoms with van der Waals surface area (Å²) in [5, 5.41) is 8.06. The van der Waals surface area contributed by atoms with Gasteiger partial charge in [0.1, 0.15) is 0 Å². The lowest BCUT2D eigenvalue weighted by atomic mass is 9.69. The predicted octanol–water partition coefficient (Wildman–Crippen LogP) is 3.80. The van der Waals surface area contributed by atoms with Crippen molar-refractivity contribution < 1.29 is 0 Å². The molecule has 102 valence electrons. The van der Waals surface area contributed by atoms with E-state index in [2.05, 4.69) is 40.2 Å². The second-order valence-electron chi connectivity index (χ2n) is 5.71. The molecule has 1 atom stereocenters. The predicted molar refractivity (Wildman–Crippen MR) is 78.5 cm³/mol. The van der Waals surface area contributed by atoms with Gasteiger partial charge in [0.25, 0.3) is 0 Å². The monoisotopic (exact) mass is 313 g/mol. The minimum absolute atomic E-state index is 0.352. The molecule has 1 unspecified atom stereocenters. The first-order valence-corrected chi connectivity index (χ1v) is 7.78. The zero-order chi connectivity index (χ0) is 13.2. The molecule has 1 N–H and O–H groups in total. The molecule has 0 saturated heterocycles. The number of hydrogen-bond acceptors (Lipinski definition) is 2. The van der Waals surface area contributed by atoms with E-state index in [9.17, 15) is 0 Å². The Hall–Kier alpha value is -0.350. The van der Waals surface area contributed by atoms with E-state index in [1.165, 1.54) is 37.8 Å². The lowest BCUT2D eigenvalue weighted by Crippen LogP contribution is -2.39. The number of nitrogens with one attached hydrogen (secondary N) is 1. The molecule has 0 spiro atoms. The molecule has 4 heteroatoms. The van der Waals surface area contributed by atoms with Gasteiger partial charge in [-0.2, -0.15) is 5.10 Å². The third-order valence-corrected chi connectivity index (χ3v) is 4.92. The summed E-state index contributed by atoms with van der Waals surface area (Å²) in [6.07, 6.45) is 8.62. The van der Waals surface area contributed by atoms with Gasteiger partial charge in [0.2, 0.25) is 0 Å². The van der Waals surface area contributed by atoms with Crippen LogP contribution in [0.3, 0.4) is 0 Å². The highest BCUT2D eigenvalue weighted by Gasteiger charge is 2.38. The van der Waals surface area contributed by atoms with Crippen LogP contribution in [0.5, 0.6) is 0 Å². The van der Waals surface area contributed by atoms with Crippen LogP contribution in [-0.2, 0) is 7.05 Å². The summed E-state index contributed by atoms with van der Waals surface area (Å²) in [6.45, 7) is 5.61. The quantitative estimate of drug-likeness (QED) is 0.916. The summed E-state index contributed by atoms with van der Waals surface area (Å²) in [6, 6.07) is 0.393. The minimum Gasteiger partial charge on any atom is -0.308 e. The Kier molecular flexibility index (Phi) is 4.49. The number of hydrogen-bond donors (Lipinski definition) is 1. The molecule has 0 bridgehead atoms. The largest absolute Gasteiger partial charge is 0.308 e. The minimum atomic E-state index is 0.352. The van der Waals surface area contributed by atoms with Crippen LogP contribution in [0.15, 0.2) is 10.7 Å². The third-order valence-electron chi connectivity index (χ3n) is 4.31. The van der Waals surface area contributed by atoms with Crippen LogP contribution in [0.1, 0.15) is 57.7 Å². The van der Waals surface area contributed by atoms with Crippen molar-refractivity contribution in [1.82, 2.24) is 15.1 Å². The molecule has 0 aromatic carbocycles. The summed E-state index contributed by atoms with van der Waals surface area (Å²) in [7, 11) is 2.04. The molecular weight excluding hydrogens is 290 g/mol. The van der Waals surface area contributed by atoms with Crippen molar-refractivity contribution in [1.29, 1.82) is 0 Å². The molecule has 1 aromatic heterocycles. The van der Waals surface area contributed by atoms with Gasteiger partial charge in [-0.25, -0.2) is 0 Å². The molecule has 3 nitrogen and oxygen atoms in total. The number of rotatable bonds is 4. The highest BCUT2D eigenvalue weighted by atomic mass is 79.9. The van der Waals surface area contributed by atoms with E-state index in [0.717, 1.165) is 11.0 Å². The van der Waals surface area contributed by atoms with Crippen molar-refractivity contribution in [3.63, 3.8) is 0 Å². The van der Waals surface area contributed by atoms with E-state index < -0.39 is 0 Å². The molecule has 1 saturated carbocycles. The van der Waals surface area contributed by atoms with Crippen LogP contribution in [-0.4, -0.2) is 16.3 Å². The molecule has 18 heavy (non-hydrogen) atoms. The second-order valence-corrected chi connectivity index (χ2v) is 6.56. The van der Waals surface area contributed by atoms with Gasteiger partial charge in [-0.15, -0.1) is 0 Å². The van der Waals surface area contributed by atoms with Gasteiger partial charge in [0.15, 0.2) is 0 Å². The Balaban J connectivity index is 2.33. The lowest BCUT2D eigenvalue weighted by molar-refractivity contribution is 0.140. The SMILES string of the molecule is CCNC(c1c(Br)cnn1C)C1(C)CCCCC1. The van der Waals surface area contributed by atoms with Gasteiger partial charge in [-0.1, -0.05) is 33.1 Å². The first kappa shape index (κ1) is 14.1. The Bertz CT molecular complexity index is 374. The summed E-state index contributed by atoms with van der Waals surface area (Å²) in [5.41, 5.74) is 1.64. The highest BCUT2D eigenvalue weighted by molar-refractivity contribution is 9.10. The van der Waals surface area contributed by atoms with Gasteiger partial charge in [-0.05, 0) is 40.7 Å². The zero-order valence-corrected chi connectivity index (χ0v) is 13.3. The van der Waals surface area contributed by atoms with Crippen LogP contribution < -0.4 is 5.32 Å². The molecule has 1 aliphatic carbocycles. The standard InChI is InChI=1S/C14H24BrN3/c1-4-16-13(12-11(15)10-17-18(12)3)14(2)8-6-5-7-9-14/h10,13,16H,4-9H2,1-3H3. The fourth-order valence-corrected chi connectivity index (χ4v) is 3.85. The van der Waals surface area contributed by atoms with E-state index in [-0.39, 0.29) is 0 Å². The van der Waals surface area contributed by atoms with E-state index in [1.54, 1.807) is 0 Å². The highest BCUT2D eigenvalue weighted by Crippen LogP contribution is 2.46. The molecule has 2 rings (SSSR count). The molecule has 1 aliphatic rings. The van der Waals surface area contributed by atoms with E-state index >= 15 is 0 Å². The van der Waals surface area contributed by atoms with E-state index in [0.29, 0.717) is 11.5 Å². The van der Waals surface area contributed by atoms with Crippen molar-refractivity contribution in [2.24, 2.45) is 12.5 Å². The molecule has 1 aromatic rings. The van der Waals surface area contributed by atoms with Crippen molar-refractivity contribution in [3.8, 4) is 0 Å². The van der Waals surface area contributed by atoms with Crippen LogP contribution in [0.4, 0.5) is 0 Å². The Labute approximate surface area is 118 Å². The summed E-state index contributed by atoms with van der Waals surface area (Å²) in [5.74, 6) is 0.